The zero-order valence-corrected chi connectivity index (χ0v) is 14.4. The van der Waals surface area contributed by atoms with Gasteiger partial charge >= 0.3 is 0 Å². The summed E-state index contributed by atoms with van der Waals surface area (Å²) < 4.78 is 5.32. The number of hydrogen-bond acceptors (Lipinski definition) is 3. The Labute approximate surface area is 134 Å². The summed E-state index contributed by atoms with van der Waals surface area (Å²) in [5.41, 5.74) is 0.0893. The molecule has 1 aliphatic rings. The van der Waals surface area contributed by atoms with Gasteiger partial charge in [-0.3, -0.25) is 0 Å². The molecular formula is C17H28ClNO2. The van der Waals surface area contributed by atoms with Gasteiger partial charge in [-0.2, -0.15) is 0 Å². The molecule has 0 bridgehead atoms. The molecule has 0 saturated heterocycles. The van der Waals surface area contributed by atoms with Crippen LogP contribution in [-0.4, -0.2) is 37.8 Å². The second kappa shape index (κ2) is 6.99. The Morgan fingerprint density at radius 2 is 1.90 bits per heavy atom. The Bertz CT molecular complexity index is 466. The summed E-state index contributed by atoms with van der Waals surface area (Å²) in [5.74, 6) is 0.814. The smallest absolute Gasteiger partial charge is 0.119 e. The van der Waals surface area contributed by atoms with Crippen LogP contribution < -0.4 is 4.74 Å². The van der Waals surface area contributed by atoms with Crippen molar-refractivity contribution in [2.45, 2.75) is 38.2 Å². The van der Waals surface area contributed by atoms with Crippen molar-refractivity contribution in [3.05, 3.63) is 29.8 Å². The van der Waals surface area contributed by atoms with E-state index in [2.05, 4.69) is 25.9 Å². The van der Waals surface area contributed by atoms with Gasteiger partial charge in [0.25, 0.3) is 0 Å². The summed E-state index contributed by atoms with van der Waals surface area (Å²) in [7, 11) is 5.82. The van der Waals surface area contributed by atoms with Crippen LogP contribution >= 0.6 is 12.4 Å². The van der Waals surface area contributed by atoms with E-state index >= 15 is 0 Å². The quantitative estimate of drug-likeness (QED) is 0.924. The monoisotopic (exact) mass is 313 g/mol. The fraction of sp³-hybridized carbons (Fsp3) is 0.647. The van der Waals surface area contributed by atoms with Gasteiger partial charge in [0.05, 0.1) is 12.7 Å². The molecule has 120 valence electrons. The molecule has 3 nitrogen and oxygen atoms in total. The van der Waals surface area contributed by atoms with Crippen molar-refractivity contribution >= 4 is 12.4 Å². The SMILES string of the molecule is COc1cccc([C@]2(O)CCCC[C@@]2(C)CN(C)C)c1.Cl. The molecule has 2 atom stereocenters. The first kappa shape index (κ1) is 18.3. The molecule has 0 heterocycles. The predicted molar refractivity (Wildman–Crippen MR) is 89.3 cm³/mol. The minimum atomic E-state index is -0.774. The van der Waals surface area contributed by atoms with Crippen molar-refractivity contribution in [3.63, 3.8) is 0 Å². The molecule has 1 N–H and O–H groups in total. The van der Waals surface area contributed by atoms with Gasteiger partial charge in [-0.25, -0.2) is 0 Å². The first-order valence-electron chi connectivity index (χ1n) is 7.43. The molecule has 1 saturated carbocycles. The van der Waals surface area contributed by atoms with Crippen LogP contribution in [-0.2, 0) is 5.60 Å². The maximum absolute atomic E-state index is 11.4. The van der Waals surface area contributed by atoms with E-state index in [0.717, 1.165) is 37.1 Å². The van der Waals surface area contributed by atoms with Crippen molar-refractivity contribution in [3.8, 4) is 5.75 Å². The fourth-order valence-electron chi connectivity index (χ4n) is 3.69. The average molecular weight is 314 g/mol. The van der Waals surface area contributed by atoms with Crippen molar-refractivity contribution in [2.75, 3.05) is 27.7 Å². The third-order valence-corrected chi connectivity index (χ3v) is 4.73. The van der Waals surface area contributed by atoms with Crippen LogP contribution in [0.1, 0.15) is 38.2 Å². The van der Waals surface area contributed by atoms with Gasteiger partial charge in [-0.15, -0.1) is 12.4 Å². The molecule has 4 heteroatoms. The number of hydrogen-bond donors (Lipinski definition) is 1. The highest BCUT2D eigenvalue weighted by Gasteiger charge is 2.49. The summed E-state index contributed by atoms with van der Waals surface area (Å²) in [6, 6.07) is 7.91. The van der Waals surface area contributed by atoms with Crippen LogP contribution in [0.25, 0.3) is 0 Å². The van der Waals surface area contributed by atoms with Crippen LogP contribution in [0.5, 0.6) is 5.75 Å². The van der Waals surface area contributed by atoms with E-state index in [-0.39, 0.29) is 17.8 Å². The van der Waals surface area contributed by atoms with Gasteiger partial charge in [0.1, 0.15) is 5.75 Å². The normalized spacial score (nSPS) is 29.0. The van der Waals surface area contributed by atoms with Crippen molar-refractivity contribution in [1.29, 1.82) is 0 Å². The van der Waals surface area contributed by atoms with E-state index in [1.807, 2.05) is 24.3 Å². The molecule has 0 spiro atoms. The zero-order valence-electron chi connectivity index (χ0n) is 13.6. The number of nitrogens with zero attached hydrogens (tertiary/aromatic N) is 1. The minimum absolute atomic E-state index is 0. The van der Waals surface area contributed by atoms with E-state index in [1.165, 1.54) is 6.42 Å². The molecule has 0 aliphatic heterocycles. The highest BCUT2D eigenvalue weighted by atomic mass is 35.5. The molecule has 0 amide bonds. The maximum atomic E-state index is 11.4. The van der Waals surface area contributed by atoms with Gasteiger partial charge in [0, 0.05) is 12.0 Å². The molecule has 0 unspecified atom stereocenters. The molecule has 1 aliphatic carbocycles. The molecule has 0 radical (unpaired) electrons. The number of ether oxygens (including phenoxy) is 1. The van der Waals surface area contributed by atoms with Gasteiger partial charge in [-0.05, 0) is 44.6 Å². The lowest BCUT2D eigenvalue weighted by Gasteiger charge is -2.50. The lowest BCUT2D eigenvalue weighted by Crippen LogP contribution is -2.51. The molecule has 21 heavy (non-hydrogen) atoms. The van der Waals surface area contributed by atoms with Gasteiger partial charge < -0.3 is 14.7 Å². The van der Waals surface area contributed by atoms with Crippen molar-refractivity contribution in [1.82, 2.24) is 4.90 Å². The van der Waals surface area contributed by atoms with E-state index in [1.54, 1.807) is 7.11 Å². The number of halogens is 1. The van der Waals surface area contributed by atoms with Gasteiger partial charge in [-0.1, -0.05) is 31.9 Å². The summed E-state index contributed by atoms with van der Waals surface area (Å²) in [6.45, 7) is 3.10. The Morgan fingerprint density at radius 1 is 1.24 bits per heavy atom. The highest BCUT2D eigenvalue weighted by Crippen LogP contribution is 2.51. The molecule has 1 aromatic rings. The lowest BCUT2D eigenvalue weighted by molar-refractivity contribution is -0.121. The second-order valence-electron chi connectivity index (χ2n) is 6.60. The van der Waals surface area contributed by atoms with Crippen molar-refractivity contribution < 1.29 is 9.84 Å². The summed E-state index contributed by atoms with van der Waals surface area (Å²) in [4.78, 5) is 2.18. The first-order chi connectivity index (χ1) is 9.41. The van der Waals surface area contributed by atoms with Crippen molar-refractivity contribution in [2.24, 2.45) is 5.41 Å². The Balaban J connectivity index is 0.00000220. The Morgan fingerprint density at radius 3 is 2.52 bits per heavy atom. The summed E-state index contributed by atoms with van der Waals surface area (Å²) in [5, 5.41) is 11.4. The lowest BCUT2D eigenvalue weighted by atomic mass is 9.61. The zero-order chi connectivity index (χ0) is 14.8. The number of aliphatic hydroxyl groups is 1. The molecule has 2 rings (SSSR count). The van der Waals surface area contributed by atoms with Crippen LogP contribution in [0.3, 0.4) is 0 Å². The fourth-order valence-corrected chi connectivity index (χ4v) is 3.69. The largest absolute Gasteiger partial charge is 0.497 e. The third-order valence-electron chi connectivity index (χ3n) is 4.73. The Hall–Kier alpha value is -0.770. The predicted octanol–water partition coefficient (Wildman–Crippen LogP) is 3.45. The first-order valence-corrected chi connectivity index (χ1v) is 7.43. The van der Waals surface area contributed by atoms with E-state index in [9.17, 15) is 5.11 Å². The van der Waals surface area contributed by atoms with Crippen LogP contribution in [0.2, 0.25) is 0 Å². The number of benzene rings is 1. The topological polar surface area (TPSA) is 32.7 Å². The summed E-state index contributed by atoms with van der Waals surface area (Å²) >= 11 is 0. The summed E-state index contributed by atoms with van der Waals surface area (Å²) in [6.07, 6.45) is 4.15. The molecule has 1 fully saturated rings. The maximum Gasteiger partial charge on any atom is 0.119 e. The van der Waals surface area contributed by atoms with Crippen LogP contribution in [0.4, 0.5) is 0 Å². The van der Waals surface area contributed by atoms with Crippen LogP contribution in [0.15, 0.2) is 24.3 Å². The standard InChI is InChI=1S/C17H27NO2.ClH/c1-16(13-18(2)3)10-5-6-11-17(16,19)14-8-7-9-15(12-14)20-4;/h7-9,12,19H,5-6,10-11,13H2,1-4H3;1H/t16-,17+;/m0./s1. The average Bonchev–Trinajstić information content (AvgIpc) is 2.41. The number of methoxy groups -OCH3 is 1. The highest BCUT2D eigenvalue weighted by molar-refractivity contribution is 5.85. The molecular weight excluding hydrogens is 286 g/mol. The van der Waals surface area contributed by atoms with E-state index < -0.39 is 5.60 Å². The van der Waals surface area contributed by atoms with E-state index in [4.69, 9.17) is 4.74 Å². The van der Waals surface area contributed by atoms with Gasteiger partial charge in [0.15, 0.2) is 0 Å². The Kier molecular flexibility index (Phi) is 6.09. The third kappa shape index (κ3) is 3.53. The minimum Gasteiger partial charge on any atom is -0.497 e. The second-order valence-corrected chi connectivity index (χ2v) is 6.60. The van der Waals surface area contributed by atoms with Crippen LogP contribution in [0, 0.1) is 5.41 Å². The van der Waals surface area contributed by atoms with Gasteiger partial charge in [0.2, 0.25) is 0 Å². The molecule has 1 aromatic carbocycles. The number of rotatable bonds is 4. The molecule has 0 aromatic heterocycles. The van der Waals surface area contributed by atoms with E-state index in [0.29, 0.717) is 0 Å².